The number of hydrogen-bond acceptors (Lipinski definition) is 4. The van der Waals surface area contributed by atoms with Crippen molar-refractivity contribution in [1.29, 1.82) is 0 Å². The van der Waals surface area contributed by atoms with Crippen LogP contribution in [0.4, 0.5) is 0 Å². The quantitative estimate of drug-likeness (QED) is 0.344. The summed E-state index contributed by atoms with van der Waals surface area (Å²) in [6.45, 7) is 15.9. The molecule has 1 saturated carbocycles. The molecule has 4 heteroatoms. The fraction of sp³-hybridized carbons (Fsp3) is 0.774. The second kappa shape index (κ2) is 8.87. The summed E-state index contributed by atoms with van der Waals surface area (Å²) >= 11 is 0. The van der Waals surface area contributed by atoms with Crippen molar-refractivity contribution in [3.8, 4) is 0 Å². The zero-order valence-electron chi connectivity index (χ0n) is 23.3. The molecule has 4 aliphatic carbocycles. The van der Waals surface area contributed by atoms with E-state index in [-0.39, 0.29) is 33.7 Å². The summed E-state index contributed by atoms with van der Waals surface area (Å²) in [5, 5.41) is 21.6. The van der Waals surface area contributed by atoms with Crippen molar-refractivity contribution >= 4 is 5.97 Å². The van der Waals surface area contributed by atoms with Gasteiger partial charge in [0.2, 0.25) is 0 Å². The maximum Gasteiger partial charge on any atom is 0.333 e. The third-order valence-corrected chi connectivity index (χ3v) is 11.6. The van der Waals surface area contributed by atoms with Gasteiger partial charge in [0.1, 0.15) is 0 Å². The molecule has 1 fully saturated rings. The van der Waals surface area contributed by atoms with Crippen molar-refractivity contribution < 1.29 is 19.7 Å². The molecule has 0 radical (unpaired) electrons. The van der Waals surface area contributed by atoms with Crippen LogP contribution in [0.3, 0.4) is 0 Å². The van der Waals surface area contributed by atoms with E-state index in [0.717, 1.165) is 44.9 Å². The van der Waals surface area contributed by atoms with Crippen molar-refractivity contribution in [3.63, 3.8) is 0 Å². The van der Waals surface area contributed by atoms with Crippen LogP contribution in [0.2, 0.25) is 0 Å². The third-order valence-electron chi connectivity index (χ3n) is 11.6. The number of esters is 1. The fourth-order valence-corrected chi connectivity index (χ4v) is 8.88. The van der Waals surface area contributed by atoms with Crippen LogP contribution in [-0.2, 0) is 9.53 Å². The van der Waals surface area contributed by atoms with Gasteiger partial charge in [-0.05, 0) is 109 Å². The molecule has 0 heterocycles. The number of ether oxygens (including phenoxy) is 1. The third kappa shape index (κ3) is 3.89. The van der Waals surface area contributed by atoms with Crippen LogP contribution in [0.5, 0.6) is 0 Å². The predicted molar refractivity (Wildman–Crippen MR) is 141 cm³/mol. The molecule has 0 aliphatic heterocycles. The number of allylic oxidation sites excluding steroid dienone is 4. The van der Waals surface area contributed by atoms with Gasteiger partial charge >= 0.3 is 5.97 Å². The number of methoxy groups -OCH3 is 1. The van der Waals surface area contributed by atoms with Crippen molar-refractivity contribution in [2.24, 2.45) is 33.5 Å². The lowest BCUT2D eigenvalue weighted by molar-refractivity contribution is -0.136. The van der Waals surface area contributed by atoms with Crippen molar-refractivity contribution in [2.45, 2.75) is 112 Å². The number of carbonyl (C=O) groups is 1. The number of carbonyl (C=O) groups excluding carboxylic acids is 1. The van der Waals surface area contributed by atoms with Crippen LogP contribution in [0.15, 0.2) is 34.4 Å². The Balaban J connectivity index is 1.60. The molecular weight excluding hydrogens is 436 g/mol. The van der Waals surface area contributed by atoms with Gasteiger partial charge in [0.05, 0.1) is 19.3 Å². The second-order valence-corrected chi connectivity index (χ2v) is 13.5. The summed E-state index contributed by atoms with van der Waals surface area (Å²) < 4.78 is 4.79. The van der Waals surface area contributed by atoms with Gasteiger partial charge in [0.15, 0.2) is 0 Å². The molecule has 35 heavy (non-hydrogen) atoms. The maximum atomic E-state index is 11.8. The maximum absolute atomic E-state index is 11.8. The van der Waals surface area contributed by atoms with Gasteiger partial charge in [0.25, 0.3) is 0 Å². The lowest BCUT2D eigenvalue weighted by Gasteiger charge is -2.60. The SMILES string of the molecule is COC(=O)/C(C)=C/[C@H](O)C[C@@H](C)[C@]1(C)CC=C2C3=C(CC[C@]21C)[C@@]1(C)CC[C@@H](O)C(C)(C)C1CC3. The first kappa shape index (κ1) is 26.7. The lowest BCUT2D eigenvalue weighted by Crippen LogP contribution is -2.53. The highest BCUT2D eigenvalue weighted by molar-refractivity contribution is 5.87. The average molecular weight is 485 g/mol. The Labute approximate surface area is 212 Å². The number of rotatable bonds is 5. The monoisotopic (exact) mass is 484 g/mol. The van der Waals surface area contributed by atoms with Crippen LogP contribution in [-0.4, -0.2) is 35.5 Å². The lowest BCUT2D eigenvalue weighted by atomic mass is 9.45. The largest absolute Gasteiger partial charge is 0.466 e. The van der Waals surface area contributed by atoms with Gasteiger partial charge in [-0.25, -0.2) is 4.79 Å². The van der Waals surface area contributed by atoms with Gasteiger partial charge in [-0.15, -0.1) is 0 Å². The summed E-state index contributed by atoms with van der Waals surface area (Å²) in [4.78, 5) is 11.8. The molecule has 4 nitrogen and oxygen atoms in total. The Hall–Kier alpha value is -1.39. The van der Waals surface area contributed by atoms with E-state index in [1.54, 1.807) is 29.7 Å². The first-order valence-electron chi connectivity index (χ1n) is 13.8. The molecule has 2 N–H and O–H groups in total. The van der Waals surface area contributed by atoms with E-state index in [0.29, 0.717) is 23.8 Å². The Morgan fingerprint density at radius 3 is 2.51 bits per heavy atom. The first-order valence-corrected chi connectivity index (χ1v) is 13.8. The van der Waals surface area contributed by atoms with E-state index < -0.39 is 6.10 Å². The standard InChI is InChI=1S/C31H48O4/c1-19(27(34)35-8)17-21(32)18-20(2)30(6)15-12-24-22-9-10-25-28(3,4)26(33)13-14-29(25,5)23(22)11-16-31(24,30)7/h12,17,20-21,25-26,32-33H,9-11,13-16,18H2,1-8H3/b19-17+/t20-,21+,25?,26-,29-,30+,31-/m1/s1. The zero-order chi connectivity index (χ0) is 26.0. The fourth-order valence-electron chi connectivity index (χ4n) is 8.88. The van der Waals surface area contributed by atoms with Crippen LogP contribution >= 0.6 is 0 Å². The minimum Gasteiger partial charge on any atom is -0.466 e. The molecule has 0 aromatic heterocycles. The molecule has 0 aromatic rings. The topological polar surface area (TPSA) is 66.8 Å². The molecule has 0 amide bonds. The minimum atomic E-state index is -0.655. The smallest absolute Gasteiger partial charge is 0.333 e. The molecular formula is C31H48O4. The Bertz CT molecular complexity index is 970. The molecule has 0 aromatic carbocycles. The average Bonchev–Trinajstić information content (AvgIpc) is 3.08. The summed E-state index contributed by atoms with van der Waals surface area (Å²) in [7, 11) is 1.37. The van der Waals surface area contributed by atoms with Crippen LogP contribution in [0, 0.1) is 33.5 Å². The van der Waals surface area contributed by atoms with Crippen molar-refractivity contribution in [3.05, 3.63) is 34.4 Å². The van der Waals surface area contributed by atoms with Crippen LogP contribution in [0.25, 0.3) is 0 Å². The highest BCUT2D eigenvalue weighted by atomic mass is 16.5. The number of aliphatic hydroxyl groups excluding tert-OH is 2. The molecule has 1 unspecified atom stereocenters. The van der Waals surface area contributed by atoms with Crippen LogP contribution in [0.1, 0.15) is 99.8 Å². The van der Waals surface area contributed by atoms with Gasteiger partial charge in [-0.3, -0.25) is 0 Å². The number of fused-ring (bicyclic) bond motifs is 4. The highest BCUT2D eigenvalue weighted by Crippen LogP contribution is 2.69. The van der Waals surface area contributed by atoms with E-state index in [4.69, 9.17) is 4.74 Å². The Morgan fingerprint density at radius 2 is 1.86 bits per heavy atom. The molecule has 7 atom stereocenters. The zero-order valence-corrected chi connectivity index (χ0v) is 23.3. The van der Waals surface area contributed by atoms with Crippen molar-refractivity contribution in [1.82, 2.24) is 0 Å². The summed E-state index contributed by atoms with van der Waals surface area (Å²) in [6.07, 6.45) is 11.6. The predicted octanol–water partition coefficient (Wildman–Crippen LogP) is 6.52. The van der Waals surface area contributed by atoms with Gasteiger partial charge < -0.3 is 14.9 Å². The van der Waals surface area contributed by atoms with E-state index >= 15 is 0 Å². The van der Waals surface area contributed by atoms with E-state index in [1.165, 1.54) is 7.11 Å². The van der Waals surface area contributed by atoms with E-state index in [9.17, 15) is 15.0 Å². The van der Waals surface area contributed by atoms with Gasteiger partial charge in [-0.2, -0.15) is 0 Å². The minimum absolute atomic E-state index is 0.0364. The first-order chi connectivity index (χ1) is 16.2. The normalized spacial score (nSPS) is 40.3. The van der Waals surface area contributed by atoms with Crippen molar-refractivity contribution in [2.75, 3.05) is 7.11 Å². The molecule has 4 rings (SSSR count). The van der Waals surface area contributed by atoms with E-state index in [1.807, 2.05) is 0 Å². The Morgan fingerprint density at radius 1 is 1.17 bits per heavy atom. The molecule has 0 spiro atoms. The van der Waals surface area contributed by atoms with E-state index in [2.05, 4.69) is 47.6 Å². The molecule has 196 valence electrons. The van der Waals surface area contributed by atoms with Gasteiger partial charge in [0, 0.05) is 5.57 Å². The second-order valence-electron chi connectivity index (χ2n) is 13.5. The van der Waals surface area contributed by atoms with Crippen LogP contribution < -0.4 is 0 Å². The summed E-state index contributed by atoms with van der Waals surface area (Å²) in [6, 6.07) is 0. The number of aliphatic hydroxyl groups is 2. The van der Waals surface area contributed by atoms with Gasteiger partial charge in [-0.1, -0.05) is 53.2 Å². The highest BCUT2D eigenvalue weighted by Gasteiger charge is 2.60. The summed E-state index contributed by atoms with van der Waals surface area (Å²) in [5.74, 6) is 0.457. The summed E-state index contributed by atoms with van der Waals surface area (Å²) in [5.41, 5.74) is 5.67. The molecule has 0 bridgehead atoms. The number of hydrogen-bond donors (Lipinski definition) is 2. The molecule has 4 aliphatic rings. The molecule has 0 saturated heterocycles. The Kier molecular flexibility index (Phi) is 6.76.